The molecule has 1 aromatic carbocycles. The second kappa shape index (κ2) is 5.89. The van der Waals surface area contributed by atoms with E-state index in [9.17, 15) is 4.79 Å². The van der Waals surface area contributed by atoms with Crippen molar-refractivity contribution in [2.75, 3.05) is 5.75 Å². The molecule has 0 aromatic heterocycles. The molecule has 0 aliphatic rings. The van der Waals surface area contributed by atoms with Crippen molar-refractivity contribution in [2.24, 2.45) is 0 Å². The van der Waals surface area contributed by atoms with Gasteiger partial charge in [-0.1, -0.05) is 29.8 Å². The van der Waals surface area contributed by atoms with Crippen LogP contribution >= 0.6 is 24.2 Å². The third kappa shape index (κ3) is 3.20. The molecule has 0 fully saturated rings. The molecule has 14 heavy (non-hydrogen) atoms. The summed E-state index contributed by atoms with van der Waals surface area (Å²) < 4.78 is 0. The average molecular weight is 227 g/mol. The first-order chi connectivity index (χ1) is 6.77. The Bertz CT molecular complexity index is 347. The molecule has 0 heterocycles. The van der Waals surface area contributed by atoms with Crippen molar-refractivity contribution in [1.82, 2.24) is 0 Å². The minimum absolute atomic E-state index is 0.492. The lowest BCUT2D eigenvalue weighted by Crippen LogP contribution is -1.83. The monoisotopic (exact) mass is 226 g/mol. The maximum absolute atomic E-state index is 10.6. The first-order valence-corrected chi connectivity index (χ1v) is 5.31. The van der Waals surface area contributed by atoms with Crippen LogP contribution < -0.4 is 0 Å². The average Bonchev–Trinajstić information content (AvgIpc) is 2.21. The second-order valence-corrected chi connectivity index (χ2v) is 3.67. The summed E-state index contributed by atoms with van der Waals surface area (Å²) >= 11 is 9.88. The van der Waals surface area contributed by atoms with Gasteiger partial charge in [-0.25, -0.2) is 0 Å². The van der Waals surface area contributed by atoms with Crippen molar-refractivity contribution >= 4 is 36.6 Å². The summed E-state index contributed by atoms with van der Waals surface area (Å²) in [6, 6.07) is 5.38. The molecule has 0 atom stereocenters. The Kier molecular flexibility index (Phi) is 4.77. The van der Waals surface area contributed by atoms with E-state index in [0.29, 0.717) is 10.6 Å². The lowest BCUT2D eigenvalue weighted by Gasteiger charge is -1.97. The number of carbonyl (C=O) groups is 1. The Morgan fingerprint density at radius 1 is 1.43 bits per heavy atom. The van der Waals surface area contributed by atoms with E-state index in [4.69, 9.17) is 11.6 Å². The van der Waals surface area contributed by atoms with Crippen LogP contribution in [0.25, 0.3) is 6.08 Å². The highest BCUT2D eigenvalue weighted by molar-refractivity contribution is 7.80. The van der Waals surface area contributed by atoms with E-state index in [1.165, 1.54) is 0 Å². The molecule has 0 unspecified atom stereocenters. The van der Waals surface area contributed by atoms with Gasteiger partial charge >= 0.3 is 0 Å². The standard InChI is InChI=1S/C11H11ClOS/c12-11-5-4-9(3-1-2-6-14)7-10(11)8-13/h1,3-5,7-8,14H,2,6H2. The molecule has 0 amide bonds. The smallest absolute Gasteiger partial charge is 0.151 e. The molecular formula is C11H11ClOS. The first kappa shape index (κ1) is 11.3. The van der Waals surface area contributed by atoms with E-state index in [1.807, 2.05) is 18.2 Å². The molecule has 1 aromatic rings. The van der Waals surface area contributed by atoms with Crippen molar-refractivity contribution in [3.05, 3.63) is 40.4 Å². The third-order valence-corrected chi connectivity index (χ3v) is 2.36. The highest BCUT2D eigenvalue weighted by Crippen LogP contribution is 2.16. The van der Waals surface area contributed by atoms with Crippen LogP contribution in [0.1, 0.15) is 22.3 Å². The molecular weight excluding hydrogens is 216 g/mol. The lowest BCUT2D eigenvalue weighted by atomic mass is 10.1. The van der Waals surface area contributed by atoms with Crippen LogP contribution in [0, 0.1) is 0 Å². The maximum Gasteiger partial charge on any atom is 0.151 e. The molecule has 0 spiro atoms. The number of thiol groups is 1. The van der Waals surface area contributed by atoms with Gasteiger partial charge in [0.15, 0.2) is 6.29 Å². The maximum atomic E-state index is 10.6. The van der Waals surface area contributed by atoms with Crippen LogP contribution in [0.15, 0.2) is 24.3 Å². The van der Waals surface area contributed by atoms with Crippen LogP contribution in [0.3, 0.4) is 0 Å². The van der Waals surface area contributed by atoms with Gasteiger partial charge in [-0.05, 0) is 29.9 Å². The summed E-state index contributed by atoms with van der Waals surface area (Å²) in [6.07, 6.45) is 5.66. The summed E-state index contributed by atoms with van der Waals surface area (Å²) in [5.74, 6) is 0.824. The fourth-order valence-corrected chi connectivity index (χ4v) is 1.36. The highest BCUT2D eigenvalue weighted by atomic mass is 35.5. The van der Waals surface area contributed by atoms with E-state index < -0.39 is 0 Å². The topological polar surface area (TPSA) is 17.1 Å². The molecule has 1 rings (SSSR count). The van der Waals surface area contributed by atoms with E-state index in [-0.39, 0.29) is 0 Å². The predicted molar refractivity (Wildman–Crippen MR) is 64.3 cm³/mol. The highest BCUT2D eigenvalue weighted by Gasteiger charge is 1.98. The van der Waals surface area contributed by atoms with Crippen LogP contribution in [-0.2, 0) is 0 Å². The normalized spacial score (nSPS) is 10.7. The van der Waals surface area contributed by atoms with Gasteiger partial charge in [0.2, 0.25) is 0 Å². The van der Waals surface area contributed by atoms with Crippen LogP contribution in [0.5, 0.6) is 0 Å². The summed E-state index contributed by atoms with van der Waals surface area (Å²) in [5.41, 5.74) is 1.51. The molecule has 1 nitrogen and oxygen atoms in total. The fourth-order valence-electron chi connectivity index (χ4n) is 1.05. The Balaban J connectivity index is 2.84. The molecule has 0 aliphatic heterocycles. The van der Waals surface area contributed by atoms with Crippen LogP contribution in [0.2, 0.25) is 5.02 Å². The summed E-state index contributed by atoms with van der Waals surface area (Å²) in [7, 11) is 0. The Hall–Kier alpha value is -0.730. The minimum Gasteiger partial charge on any atom is -0.298 e. The molecule has 3 heteroatoms. The van der Waals surface area contributed by atoms with Crippen LogP contribution in [0.4, 0.5) is 0 Å². The first-order valence-electron chi connectivity index (χ1n) is 4.30. The zero-order valence-corrected chi connectivity index (χ0v) is 9.26. The molecule has 0 saturated heterocycles. The van der Waals surface area contributed by atoms with Gasteiger partial charge in [0.1, 0.15) is 0 Å². The van der Waals surface area contributed by atoms with Gasteiger partial charge in [-0.2, -0.15) is 12.6 Å². The molecule has 0 radical (unpaired) electrons. The molecule has 0 N–H and O–H groups in total. The van der Waals surface area contributed by atoms with Crippen LogP contribution in [-0.4, -0.2) is 12.0 Å². The molecule has 0 saturated carbocycles. The number of allylic oxidation sites excluding steroid dienone is 1. The number of benzene rings is 1. The quantitative estimate of drug-likeness (QED) is 0.615. The lowest BCUT2D eigenvalue weighted by molar-refractivity contribution is 0.112. The van der Waals surface area contributed by atoms with Crippen molar-refractivity contribution < 1.29 is 4.79 Å². The van der Waals surface area contributed by atoms with Gasteiger partial charge in [0.25, 0.3) is 0 Å². The second-order valence-electron chi connectivity index (χ2n) is 2.81. The third-order valence-electron chi connectivity index (χ3n) is 1.75. The molecule has 0 bridgehead atoms. The minimum atomic E-state index is 0.492. The van der Waals surface area contributed by atoms with E-state index in [0.717, 1.165) is 24.0 Å². The van der Waals surface area contributed by atoms with Crippen molar-refractivity contribution in [3.63, 3.8) is 0 Å². The van der Waals surface area contributed by atoms with Gasteiger partial charge in [-0.3, -0.25) is 4.79 Å². The number of aldehydes is 1. The van der Waals surface area contributed by atoms with Gasteiger partial charge in [0, 0.05) is 5.56 Å². The van der Waals surface area contributed by atoms with E-state index >= 15 is 0 Å². The zero-order valence-electron chi connectivity index (χ0n) is 7.61. The number of halogens is 1. The Morgan fingerprint density at radius 3 is 2.86 bits per heavy atom. The summed E-state index contributed by atoms with van der Waals surface area (Å²) in [4.78, 5) is 10.6. The SMILES string of the molecule is O=Cc1cc(C=CCCS)ccc1Cl. The largest absolute Gasteiger partial charge is 0.298 e. The van der Waals surface area contributed by atoms with E-state index in [2.05, 4.69) is 12.6 Å². The van der Waals surface area contributed by atoms with Crippen molar-refractivity contribution in [2.45, 2.75) is 6.42 Å². The Morgan fingerprint density at radius 2 is 2.21 bits per heavy atom. The Labute approximate surface area is 94.2 Å². The van der Waals surface area contributed by atoms with Gasteiger partial charge < -0.3 is 0 Å². The van der Waals surface area contributed by atoms with Crippen molar-refractivity contribution in [1.29, 1.82) is 0 Å². The molecule has 0 aliphatic carbocycles. The summed E-state index contributed by atoms with van der Waals surface area (Å²) in [5, 5.41) is 0.492. The molecule has 74 valence electrons. The predicted octanol–water partition coefficient (Wildman–Crippen LogP) is 3.49. The van der Waals surface area contributed by atoms with Crippen molar-refractivity contribution in [3.8, 4) is 0 Å². The zero-order chi connectivity index (χ0) is 10.4. The summed E-state index contributed by atoms with van der Waals surface area (Å²) in [6.45, 7) is 0. The number of hydrogen-bond donors (Lipinski definition) is 1. The number of carbonyl (C=O) groups excluding carboxylic acids is 1. The number of hydrogen-bond acceptors (Lipinski definition) is 2. The number of rotatable bonds is 4. The van der Waals surface area contributed by atoms with E-state index in [1.54, 1.807) is 12.1 Å². The van der Waals surface area contributed by atoms with Gasteiger partial charge in [0.05, 0.1) is 5.02 Å². The fraction of sp³-hybridized carbons (Fsp3) is 0.182. The van der Waals surface area contributed by atoms with Gasteiger partial charge in [-0.15, -0.1) is 0 Å².